The lowest BCUT2D eigenvalue weighted by molar-refractivity contribution is -0.0626. The predicted molar refractivity (Wildman–Crippen MR) is 98.7 cm³/mol. The monoisotopic (exact) mass is 373 g/mol. The lowest BCUT2D eigenvalue weighted by Gasteiger charge is -2.45. The standard InChI is InChI=1S/C20H23NO6/c1-3-24-11-20(21-6-8-25-9-7-21)12-26-15-5-4-14-13(2)10-16(22)27-18(14)17(15)19(20)23/h4-5,10H,3,6-9,11-12H2,1-2H3. The SMILES string of the molecule is CCOCC1(N2CCOCC2)COc2ccc3c(C)cc(=O)oc3c2C1=O. The third-order valence-corrected chi connectivity index (χ3v) is 5.36. The molecule has 1 atom stereocenters. The smallest absolute Gasteiger partial charge is 0.336 e. The molecule has 0 spiro atoms. The molecular formula is C20H23NO6. The summed E-state index contributed by atoms with van der Waals surface area (Å²) in [6.07, 6.45) is 0. The summed E-state index contributed by atoms with van der Waals surface area (Å²) in [7, 11) is 0. The van der Waals surface area contributed by atoms with Crippen molar-refractivity contribution in [1.29, 1.82) is 0 Å². The molecule has 1 aromatic carbocycles. The number of hydrogen-bond acceptors (Lipinski definition) is 7. The Hall–Kier alpha value is -2.22. The maximum Gasteiger partial charge on any atom is 0.336 e. The molecule has 0 radical (unpaired) electrons. The molecule has 2 aliphatic rings. The number of benzene rings is 1. The normalized spacial score (nSPS) is 23.3. The number of ketones is 1. The molecule has 1 fully saturated rings. The fourth-order valence-electron chi connectivity index (χ4n) is 3.89. The van der Waals surface area contributed by atoms with E-state index in [0.29, 0.717) is 44.2 Å². The molecule has 7 nitrogen and oxygen atoms in total. The van der Waals surface area contributed by atoms with Gasteiger partial charge < -0.3 is 18.6 Å². The van der Waals surface area contributed by atoms with Gasteiger partial charge in [0.2, 0.25) is 0 Å². The first-order chi connectivity index (χ1) is 13.1. The molecule has 1 saturated heterocycles. The summed E-state index contributed by atoms with van der Waals surface area (Å²) in [6.45, 7) is 6.97. The highest BCUT2D eigenvalue weighted by Crippen LogP contribution is 2.38. The minimum atomic E-state index is -0.955. The van der Waals surface area contributed by atoms with Crippen LogP contribution in [0.25, 0.3) is 11.0 Å². The molecule has 1 unspecified atom stereocenters. The van der Waals surface area contributed by atoms with E-state index < -0.39 is 11.2 Å². The molecule has 0 N–H and O–H groups in total. The van der Waals surface area contributed by atoms with Crippen molar-refractivity contribution < 1.29 is 23.4 Å². The largest absolute Gasteiger partial charge is 0.490 e. The average Bonchev–Trinajstić information content (AvgIpc) is 2.68. The molecule has 0 saturated carbocycles. The van der Waals surface area contributed by atoms with Gasteiger partial charge in [-0.15, -0.1) is 0 Å². The quantitative estimate of drug-likeness (QED) is 0.756. The molecule has 0 aliphatic carbocycles. The van der Waals surface area contributed by atoms with E-state index >= 15 is 0 Å². The zero-order valence-corrected chi connectivity index (χ0v) is 15.6. The first-order valence-corrected chi connectivity index (χ1v) is 9.22. The summed E-state index contributed by atoms with van der Waals surface area (Å²) in [5.41, 5.74) is -0.0523. The molecule has 1 aromatic heterocycles. The van der Waals surface area contributed by atoms with Gasteiger partial charge >= 0.3 is 5.63 Å². The summed E-state index contributed by atoms with van der Waals surface area (Å²) in [5.74, 6) is 0.320. The van der Waals surface area contributed by atoms with E-state index in [2.05, 4.69) is 4.90 Å². The highest BCUT2D eigenvalue weighted by atomic mass is 16.5. The lowest BCUT2D eigenvalue weighted by Crippen LogP contribution is -2.65. The lowest BCUT2D eigenvalue weighted by atomic mass is 9.84. The first-order valence-electron chi connectivity index (χ1n) is 9.22. The second kappa shape index (κ2) is 7.07. The summed E-state index contributed by atoms with van der Waals surface area (Å²) in [4.78, 5) is 27.8. The van der Waals surface area contributed by atoms with E-state index in [4.69, 9.17) is 18.6 Å². The van der Waals surface area contributed by atoms with Gasteiger partial charge in [0.15, 0.2) is 11.4 Å². The third-order valence-electron chi connectivity index (χ3n) is 5.36. The average molecular weight is 373 g/mol. The van der Waals surface area contributed by atoms with Crippen molar-refractivity contribution in [1.82, 2.24) is 4.90 Å². The van der Waals surface area contributed by atoms with Gasteiger partial charge in [-0.1, -0.05) is 0 Å². The Bertz CT molecular complexity index is 930. The van der Waals surface area contributed by atoms with Crippen LogP contribution in [0.5, 0.6) is 5.75 Å². The van der Waals surface area contributed by atoms with Crippen LogP contribution in [-0.4, -0.2) is 62.3 Å². The van der Waals surface area contributed by atoms with Gasteiger partial charge in [0.25, 0.3) is 0 Å². The minimum Gasteiger partial charge on any atom is -0.490 e. The van der Waals surface area contributed by atoms with Crippen LogP contribution < -0.4 is 10.4 Å². The highest BCUT2D eigenvalue weighted by molar-refractivity contribution is 6.14. The Morgan fingerprint density at radius 3 is 2.74 bits per heavy atom. The van der Waals surface area contributed by atoms with Gasteiger partial charge in [0, 0.05) is 31.1 Å². The van der Waals surface area contributed by atoms with E-state index in [0.717, 1.165) is 10.9 Å². The van der Waals surface area contributed by atoms with Crippen LogP contribution in [0.4, 0.5) is 0 Å². The second-order valence-electron chi connectivity index (χ2n) is 6.95. The molecule has 144 valence electrons. The summed E-state index contributed by atoms with van der Waals surface area (Å²) in [6, 6.07) is 5.02. The Balaban J connectivity index is 1.88. The Labute approximate surface area is 156 Å². The Morgan fingerprint density at radius 1 is 1.22 bits per heavy atom. The number of morpholine rings is 1. The van der Waals surface area contributed by atoms with Gasteiger partial charge in [0.1, 0.15) is 23.5 Å². The van der Waals surface area contributed by atoms with Gasteiger partial charge in [-0.3, -0.25) is 9.69 Å². The number of hydrogen-bond donors (Lipinski definition) is 0. The van der Waals surface area contributed by atoms with Crippen molar-refractivity contribution in [2.24, 2.45) is 0 Å². The van der Waals surface area contributed by atoms with Crippen molar-refractivity contribution in [2.45, 2.75) is 19.4 Å². The molecule has 0 amide bonds. The van der Waals surface area contributed by atoms with Crippen LogP contribution in [-0.2, 0) is 9.47 Å². The summed E-state index contributed by atoms with van der Waals surface area (Å²) in [5, 5.41) is 0.736. The summed E-state index contributed by atoms with van der Waals surface area (Å²) < 4.78 is 22.6. The third kappa shape index (κ3) is 2.96. The van der Waals surface area contributed by atoms with E-state index in [1.807, 2.05) is 19.9 Å². The minimum absolute atomic E-state index is 0.126. The van der Waals surface area contributed by atoms with Crippen molar-refractivity contribution in [3.63, 3.8) is 0 Å². The summed E-state index contributed by atoms with van der Waals surface area (Å²) >= 11 is 0. The number of nitrogens with zero attached hydrogens (tertiary/aromatic N) is 1. The highest BCUT2D eigenvalue weighted by Gasteiger charge is 2.50. The van der Waals surface area contributed by atoms with Crippen LogP contribution >= 0.6 is 0 Å². The number of ether oxygens (including phenoxy) is 3. The molecule has 0 bridgehead atoms. The molecule has 4 rings (SSSR count). The first kappa shape index (κ1) is 18.2. The zero-order valence-electron chi connectivity index (χ0n) is 15.6. The van der Waals surface area contributed by atoms with Crippen LogP contribution in [0.2, 0.25) is 0 Å². The molecule has 2 aromatic rings. The van der Waals surface area contributed by atoms with E-state index in [1.54, 1.807) is 6.07 Å². The van der Waals surface area contributed by atoms with Crippen molar-refractivity contribution in [3.8, 4) is 5.75 Å². The zero-order chi connectivity index (χ0) is 19.0. The number of carbonyl (C=O) groups is 1. The van der Waals surface area contributed by atoms with Crippen molar-refractivity contribution in [3.05, 3.63) is 39.7 Å². The molecule has 7 heteroatoms. The number of fused-ring (bicyclic) bond motifs is 3. The molecule has 2 aliphatic heterocycles. The van der Waals surface area contributed by atoms with Crippen LogP contribution in [0.3, 0.4) is 0 Å². The van der Waals surface area contributed by atoms with Gasteiger partial charge in [-0.2, -0.15) is 0 Å². The van der Waals surface area contributed by atoms with E-state index in [9.17, 15) is 9.59 Å². The number of carbonyl (C=O) groups excluding carboxylic acids is 1. The number of Topliss-reactive ketones (excluding diaryl/α,β-unsaturated/α-hetero) is 1. The van der Waals surface area contributed by atoms with Gasteiger partial charge in [0.05, 0.1) is 19.8 Å². The van der Waals surface area contributed by atoms with Crippen LogP contribution in [0.15, 0.2) is 27.4 Å². The van der Waals surface area contributed by atoms with Crippen molar-refractivity contribution >= 4 is 16.8 Å². The van der Waals surface area contributed by atoms with Gasteiger partial charge in [-0.25, -0.2) is 4.79 Å². The Morgan fingerprint density at radius 2 is 2.00 bits per heavy atom. The maximum atomic E-state index is 13.8. The number of rotatable bonds is 4. The topological polar surface area (TPSA) is 78.2 Å². The van der Waals surface area contributed by atoms with Crippen LogP contribution in [0, 0.1) is 6.92 Å². The van der Waals surface area contributed by atoms with Crippen LogP contribution in [0.1, 0.15) is 22.8 Å². The van der Waals surface area contributed by atoms with E-state index in [1.165, 1.54) is 6.07 Å². The molecule has 3 heterocycles. The fourth-order valence-corrected chi connectivity index (χ4v) is 3.89. The Kier molecular flexibility index (Phi) is 4.75. The molecular weight excluding hydrogens is 350 g/mol. The molecule has 27 heavy (non-hydrogen) atoms. The predicted octanol–water partition coefficient (Wildman–Crippen LogP) is 1.78. The van der Waals surface area contributed by atoms with E-state index in [-0.39, 0.29) is 24.6 Å². The van der Waals surface area contributed by atoms with Gasteiger partial charge in [-0.05, 0) is 31.5 Å². The fraction of sp³-hybridized carbons (Fsp3) is 0.500. The maximum absolute atomic E-state index is 13.8. The number of aryl methyl sites for hydroxylation is 1. The second-order valence-corrected chi connectivity index (χ2v) is 6.95. The van der Waals surface area contributed by atoms with Crippen molar-refractivity contribution in [2.75, 3.05) is 46.1 Å².